The molecule has 0 spiro atoms. The average molecular weight is 208 g/mol. The zero-order chi connectivity index (χ0) is 11.1. The van der Waals surface area contributed by atoms with Crippen LogP contribution in [0.1, 0.15) is 52.4 Å². The van der Waals surface area contributed by atoms with E-state index in [2.05, 4.69) is 24.8 Å². The standard InChI is InChI=1S/C13H24N2/c1-3-8-12(2)13(11-14)15-9-6-4-5-7-10-15/h12-13H,3-10H2,1-2H3. The van der Waals surface area contributed by atoms with Crippen LogP contribution in [-0.2, 0) is 0 Å². The number of nitriles is 1. The van der Waals surface area contributed by atoms with E-state index in [4.69, 9.17) is 0 Å². The highest BCUT2D eigenvalue weighted by Gasteiger charge is 2.24. The molecule has 0 aromatic rings. The third kappa shape index (κ3) is 3.83. The molecule has 0 saturated carbocycles. The lowest BCUT2D eigenvalue weighted by Crippen LogP contribution is -2.39. The van der Waals surface area contributed by atoms with Crippen molar-refractivity contribution in [3.63, 3.8) is 0 Å². The lowest BCUT2D eigenvalue weighted by Gasteiger charge is -2.29. The van der Waals surface area contributed by atoms with Crippen molar-refractivity contribution in [2.75, 3.05) is 13.1 Å². The minimum atomic E-state index is 0.156. The van der Waals surface area contributed by atoms with E-state index in [0.717, 1.165) is 13.1 Å². The van der Waals surface area contributed by atoms with Crippen molar-refractivity contribution in [2.24, 2.45) is 5.92 Å². The SMILES string of the molecule is CCCC(C)C(C#N)N1CCCCCC1. The van der Waals surface area contributed by atoms with Gasteiger partial charge in [-0.25, -0.2) is 0 Å². The zero-order valence-electron chi connectivity index (χ0n) is 10.2. The molecule has 0 radical (unpaired) electrons. The molecule has 1 heterocycles. The van der Waals surface area contributed by atoms with Crippen molar-refractivity contribution in [1.82, 2.24) is 4.90 Å². The molecule has 1 saturated heterocycles. The fourth-order valence-corrected chi connectivity index (χ4v) is 2.56. The second kappa shape index (κ2) is 6.85. The van der Waals surface area contributed by atoms with Gasteiger partial charge in [-0.3, -0.25) is 4.90 Å². The van der Waals surface area contributed by atoms with Gasteiger partial charge in [0.1, 0.15) is 6.04 Å². The van der Waals surface area contributed by atoms with E-state index in [1.54, 1.807) is 0 Å². The van der Waals surface area contributed by atoms with Gasteiger partial charge in [0, 0.05) is 0 Å². The number of nitrogens with zero attached hydrogens (tertiary/aromatic N) is 2. The van der Waals surface area contributed by atoms with Gasteiger partial charge in [-0.2, -0.15) is 5.26 Å². The van der Waals surface area contributed by atoms with Gasteiger partial charge in [0.05, 0.1) is 6.07 Å². The summed E-state index contributed by atoms with van der Waals surface area (Å²) in [5, 5.41) is 9.28. The maximum Gasteiger partial charge on any atom is 0.100 e. The highest BCUT2D eigenvalue weighted by atomic mass is 15.2. The molecule has 1 aliphatic heterocycles. The molecule has 2 heteroatoms. The Bertz CT molecular complexity index is 199. The summed E-state index contributed by atoms with van der Waals surface area (Å²) >= 11 is 0. The average Bonchev–Trinajstić information content (AvgIpc) is 2.48. The van der Waals surface area contributed by atoms with Crippen LogP contribution in [0.25, 0.3) is 0 Å². The van der Waals surface area contributed by atoms with E-state index in [9.17, 15) is 5.26 Å². The van der Waals surface area contributed by atoms with Crippen LogP contribution in [0.15, 0.2) is 0 Å². The number of rotatable bonds is 4. The monoisotopic (exact) mass is 208 g/mol. The molecule has 0 aromatic heterocycles. The van der Waals surface area contributed by atoms with E-state index in [0.29, 0.717) is 5.92 Å². The van der Waals surface area contributed by atoms with Crippen molar-refractivity contribution < 1.29 is 0 Å². The molecule has 0 amide bonds. The highest BCUT2D eigenvalue weighted by Crippen LogP contribution is 2.20. The summed E-state index contributed by atoms with van der Waals surface area (Å²) in [6.07, 6.45) is 7.60. The molecule has 1 rings (SSSR count). The summed E-state index contributed by atoms with van der Waals surface area (Å²) in [5.74, 6) is 0.526. The summed E-state index contributed by atoms with van der Waals surface area (Å²) in [6.45, 7) is 6.69. The van der Waals surface area contributed by atoms with Crippen molar-refractivity contribution in [2.45, 2.75) is 58.4 Å². The lowest BCUT2D eigenvalue weighted by atomic mass is 9.96. The van der Waals surface area contributed by atoms with Gasteiger partial charge >= 0.3 is 0 Å². The molecular weight excluding hydrogens is 184 g/mol. The Morgan fingerprint density at radius 1 is 1.20 bits per heavy atom. The molecular formula is C13H24N2. The topological polar surface area (TPSA) is 27.0 Å². The number of hydrogen-bond acceptors (Lipinski definition) is 2. The molecule has 2 unspecified atom stereocenters. The third-order valence-corrected chi connectivity index (χ3v) is 3.45. The minimum Gasteiger partial charge on any atom is -0.288 e. The van der Waals surface area contributed by atoms with Gasteiger partial charge in [-0.1, -0.05) is 33.1 Å². The van der Waals surface area contributed by atoms with E-state index < -0.39 is 0 Å². The van der Waals surface area contributed by atoms with Crippen molar-refractivity contribution >= 4 is 0 Å². The maximum atomic E-state index is 9.28. The van der Waals surface area contributed by atoms with Gasteiger partial charge in [0.15, 0.2) is 0 Å². The van der Waals surface area contributed by atoms with E-state index in [1.165, 1.54) is 38.5 Å². The van der Waals surface area contributed by atoms with Crippen molar-refractivity contribution in [3.8, 4) is 6.07 Å². The quantitative estimate of drug-likeness (QED) is 0.709. The molecule has 2 atom stereocenters. The molecule has 2 nitrogen and oxygen atoms in total. The molecule has 1 fully saturated rings. The van der Waals surface area contributed by atoms with Crippen molar-refractivity contribution in [3.05, 3.63) is 0 Å². The molecule has 1 aliphatic rings. The summed E-state index contributed by atoms with van der Waals surface area (Å²) in [7, 11) is 0. The first kappa shape index (κ1) is 12.5. The summed E-state index contributed by atoms with van der Waals surface area (Å²) in [5.41, 5.74) is 0. The molecule has 0 N–H and O–H groups in total. The van der Waals surface area contributed by atoms with Gasteiger partial charge in [0.25, 0.3) is 0 Å². The Morgan fingerprint density at radius 2 is 1.80 bits per heavy atom. The van der Waals surface area contributed by atoms with Crippen LogP contribution in [0.2, 0.25) is 0 Å². The van der Waals surface area contributed by atoms with E-state index in [1.807, 2.05) is 0 Å². The first-order chi connectivity index (χ1) is 7.29. The van der Waals surface area contributed by atoms with Crippen LogP contribution in [0.4, 0.5) is 0 Å². The summed E-state index contributed by atoms with van der Waals surface area (Å²) in [4.78, 5) is 2.41. The number of hydrogen-bond donors (Lipinski definition) is 0. The van der Waals surface area contributed by atoms with Crippen LogP contribution in [0.3, 0.4) is 0 Å². The Hall–Kier alpha value is -0.550. The third-order valence-electron chi connectivity index (χ3n) is 3.45. The Labute approximate surface area is 94.3 Å². The van der Waals surface area contributed by atoms with Gasteiger partial charge in [0.2, 0.25) is 0 Å². The molecule has 0 aromatic carbocycles. The molecule has 15 heavy (non-hydrogen) atoms. The zero-order valence-corrected chi connectivity index (χ0v) is 10.2. The summed E-state index contributed by atoms with van der Waals surface area (Å²) in [6, 6.07) is 2.67. The maximum absolute atomic E-state index is 9.28. The largest absolute Gasteiger partial charge is 0.288 e. The Balaban J connectivity index is 2.52. The van der Waals surface area contributed by atoms with E-state index in [-0.39, 0.29) is 6.04 Å². The predicted octanol–water partition coefficient (Wildman–Crippen LogP) is 3.19. The smallest absolute Gasteiger partial charge is 0.100 e. The number of likely N-dealkylation sites (tertiary alicyclic amines) is 1. The molecule has 0 aliphatic carbocycles. The first-order valence-corrected chi connectivity index (χ1v) is 6.43. The van der Waals surface area contributed by atoms with Gasteiger partial charge in [-0.15, -0.1) is 0 Å². The highest BCUT2D eigenvalue weighted by molar-refractivity contribution is 4.95. The second-order valence-corrected chi connectivity index (χ2v) is 4.79. The van der Waals surface area contributed by atoms with Crippen LogP contribution >= 0.6 is 0 Å². The normalized spacial score (nSPS) is 22.7. The van der Waals surface area contributed by atoms with E-state index >= 15 is 0 Å². The fraction of sp³-hybridized carbons (Fsp3) is 0.923. The Morgan fingerprint density at radius 3 is 2.27 bits per heavy atom. The van der Waals surface area contributed by atoms with Crippen LogP contribution in [0, 0.1) is 17.2 Å². The lowest BCUT2D eigenvalue weighted by molar-refractivity contribution is 0.188. The minimum absolute atomic E-state index is 0.156. The van der Waals surface area contributed by atoms with Crippen LogP contribution < -0.4 is 0 Å². The second-order valence-electron chi connectivity index (χ2n) is 4.79. The summed E-state index contributed by atoms with van der Waals surface area (Å²) < 4.78 is 0. The predicted molar refractivity (Wildman–Crippen MR) is 63.5 cm³/mol. The van der Waals surface area contributed by atoms with Gasteiger partial charge in [-0.05, 0) is 38.3 Å². The molecule has 0 bridgehead atoms. The van der Waals surface area contributed by atoms with Gasteiger partial charge < -0.3 is 0 Å². The van der Waals surface area contributed by atoms with Crippen LogP contribution in [0.5, 0.6) is 0 Å². The van der Waals surface area contributed by atoms with Crippen LogP contribution in [-0.4, -0.2) is 24.0 Å². The van der Waals surface area contributed by atoms with Crippen molar-refractivity contribution in [1.29, 1.82) is 5.26 Å². The first-order valence-electron chi connectivity index (χ1n) is 6.43. The fourth-order valence-electron chi connectivity index (χ4n) is 2.56. The Kier molecular flexibility index (Phi) is 5.71. The molecule has 86 valence electrons.